The van der Waals surface area contributed by atoms with E-state index in [2.05, 4.69) is 56.8 Å². The Kier molecular flexibility index (Phi) is 8.75. The molecule has 1 fully saturated rings. The summed E-state index contributed by atoms with van der Waals surface area (Å²) < 4.78 is 0. The molecule has 1 saturated carbocycles. The van der Waals surface area contributed by atoms with Gasteiger partial charge in [0.1, 0.15) is 0 Å². The minimum absolute atomic E-state index is 0.761. The fourth-order valence-corrected chi connectivity index (χ4v) is 4.18. The van der Waals surface area contributed by atoms with Gasteiger partial charge in [0, 0.05) is 6.04 Å². The van der Waals surface area contributed by atoms with Crippen molar-refractivity contribution in [3.05, 3.63) is 42.0 Å². The highest BCUT2D eigenvalue weighted by molar-refractivity contribution is 5.63. The zero-order chi connectivity index (χ0) is 18.1. The molecule has 0 bridgehead atoms. The molecule has 1 aliphatic carbocycles. The summed E-state index contributed by atoms with van der Waals surface area (Å²) >= 11 is 0. The topological polar surface area (TPSA) is 3.24 Å². The van der Waals surface area contributed by atoms with Gasteiger partial charge >= 0.3 is 0 Å². The average molecular weight is 342 g/mol. The van der Waals surface area contributed by atoms with E-state index in [-0.39, 0.29) is 0 Å². The first-order valence-electron chi connectivity index (χ1n) is 10.6. The molecule has 0 N–H and O–H groups in total. The van der Waals surface area contributed by atoms with Gasteiger partial charge in [-0.1, -0.05) is 69.9 Å². The maximum atomic E-state index is 4.32. The van der Waals surface area contributed by atoms with Gasteiger partial charge in [0.15, 0.2) is 0 Å². The normalized spacial score (nSPS) is 20.8. The molecule has 1 heteroatoms. The van der Waals surface area contributed by atoms with Crippen molar-refractivity contribution in [2.24, 2.45) is 0 Å². The van der Waals surface area contributed by atoms with Crippen molar-refractivity contribution in [2.75, 3.05) is 14.1 Å². The number of nitrogens with zero attached hydrogens (tertiary/aromatic N) is 1. The summed E-state index contributed by atoms with van der Waals surface area (Å²) in [4.78, 5) is 2.39. The molecule has 25 heavy (non-hydrogen) atoms. The number of rotatable bonds is 10. The number of benzene rings is 1. The van der Waals surface area contributed by atoms with Crippen molar-refractivity contribution in [3.63, 3.8) is 0 Å². The van der Waals surface area contributed by atoms with Gasteiger partial charge in [-0.25, -0.2) is 0 Å². The fourth-order valence-electron chi connectivity index (χ4n) is 4.18. The van der Waals surface area contributed by atoms with Crippen molar-refractivity contribution in [1.29, 1.82) is 0 Å². The average Bonchev–Trinajstić information content (AvgIpc) is 2.64. The van der Waals surface area contributed by atoms with Crippen LogP contribution >= 0.6 is 0 Å². The predicted octanol–water partition coefficient (Wildman–Crippen LogP) is 7.04. The molecule has 0 amide bonds. The molecule has 0 radical (unpaired) electrons. The van der Waals surface area contributed by atoms with Gasteiger partial charge in [-0.05, 0) is 75.2 Å². The van der Waals surface area contributed by atoms with Crippen LogP contribution in [0.1, 0.15) is 94.6 Å². The SMILES string of the molecule is C=C(CCCCCCCC)c1ccc(C2CCC(N(C)C)CC2)cc1. The number of unbranched alkanes of at least 4 members (excludes halogenated alkanes) is 5. The van der Waals surface area contributed by atoms with Crippen LogP contribution in [0.5, 0.6) is 0 Å². The summed E-state index contributed by atoms with van der Waals surface area (Å²) in [5, 5.41) is 0. The number of hydrogen-bond donors (Lipinski definition) is 0. The molecule has 0 saturated heterocycles. The largest absolute Gasteiger partial charge is 0.306 e. The molecule has 0 aromatic heterocycles. The maximum Gasteiger partial charge on any atom is 0.00896 e. The van der Waals surface area contributed by atoms with E-state index in [4.69, 9.17) is 0 Å². The van der Waals surface area contributed by atoms with Gasteiger partial charge in [0.2, 0.25) is 0 Å². The van der Waals surface area contributed by atoms with Crippen molar-refractivity contribution >= 4 is 5.57 Å². The molecule has 1 aliphatic rings. The van der Waals surface area contributed by atoms with Crippen LogP contribution in [-0.2, 0) is 0 Å². The highest BCUT2D eigenvalue weighted by Crippen LogP contribution is 2.34. The van der Waals surface area contributed by atoms with Crippen LogP contribution in [0.25, 0.3) is 5.57 Å². The highest BCUT2D eigenvalue weighted by Gasteiger charge is 2.23. The van der Waals surface area contributed by atoms with Gasteiger partial charge in [-0.15, -0.1) is 0 Å². The van der Waals surface area contributed by atoms with Gasteiger partial charge in [-0.3, -0.25) is 0 Å². The van der Waals surface area contributed by atoms with Gasteiger partial charge in [-0.2, -0.15) is 0 Å². The molecule has 0 spiro atoms. The Morgan fingerprint density at radius 1 is 0.920 bits per heavy atom. The Bertz CT molecular complexity index is 491. The molecule has 2 rings (SSSR count). The Hall–Kier alpha value is -1.08. The highest BCUT2D eigenvalue weighted by atomic mass is 15.1. The maximum absolute atomic E-state index is 4.32. The van der Waals surface area contributed by atoms with Crippen LogP contribution in [0, 0.1) is 0 Å². The summed E-state index contributed by atoms with van der Waals surface area (Å²) in [6.07, 6.45) is 14.6. The molecular weight excluding hydrogens is 302 g/mol. The number of allylic oxidation sites excluding steroid dienone is 1. The molecule has 0 heterocycles. The van der Waals surface area contributed by atoms with Crippen LogP contribution in [-0.4, -0.2) is 25.0 Å². The minimum Gasteiger partial charge on any atom is -0.306 e. The van der Waals surface area contributed by atoms with Gasteiger partial charge < -0.3 is 4.90 Å². The third kappa shape index (κ3) is 6.62. The molecular formula is C24H39N. The van der Waals surface area contributed by atoms with E-state index in [1.54, 1.807) is 0 Å². The second kappa shape index (κ2) is 10.8. The Balaban J connectivity index is 1.75. The second-order valence-electron chi connectivity index (χ2n) is 8.21. The zero-order valence-corrected chi connectivity index (χ0v) is 16.9. The second-order valence-corrected chi connectivity index (χ2v) is 8.21. The summed E-state index contributed by atoms with van der Waals surface area (Å²) in [6, 6.07) is 10.1. The quantitative estimate of drug-likeness (QED) is 0.413. The third-order valence-corrected chi connectivity index (χ3v) is 6.05. The molecule has 1 aromatic carbocycles. The lowest BCUT2D eigenvalue weighted by Crippen LogP contribution is -2.31. The lowest BCUT2D eigenvalue weighted by molar-refractivity contribution is 0.216. The lowest BCUT2D eigenvalue weighted by atomic mass is 9.81. The third-order valence-electron chi connectivity index (χ3n) is 6.05. The molecule has 140 valence electrons. The van der Waals surface area contributed by atoms with Crippen molar-refractivity contribution in [1.82, 2.24) is 4.90 Å². The van der Waals surface area contributed by atoms with E-state index in [9.17, 15) is 0 Å². The Labute approximate surface area is 156 Å². The standard InChI is InChI=1S/C24H39N/c1-5-6-7-8-9-10-11-20(2)21-12-14-22(15-13-21)23-16-18-24(19-17-23)25(3)4/h12-15,23-24H,2,5-11,16-19H2,1,3-4H3. The summed E-state index contributed by atoms with van der Waals surface area (Å²) in [5.41, 5.74) is 4.20. The first-order valence-corrected chi connectivity index (χ1v) is 10.6. The van der Waals surface area contributed by atoms with E-state index >= 15 is 0 Å². The fraction of sp³-hybridized carbons (Fsp3) is 0.667. The van der Waals surface area contributed by atoms with Crippen molar-refractivity contribution in [2.45, 2.75) is 89.5 Å². The van der Waals surface area contributed by atoms with E-state index in [1.807, 2.05) is 0 Å². The molecule has 0 unspecified atom stereocenters. The van der Waals surface area contributed by atoms with Crippen LogP contribution in [0.4, 0.5) is 0 Å². The first-order chi connectivity index (χ1) is 12.1. The van der Waals surface area contributed by atoms with E-state index < -0.39 is 0 Å². The van der Waals surface area contributed by atoms with Gasteiger partial charge in [0.05, 0.1) is 0 Å². The van der Waals surface area contributed by atoms with Crippen LogP contribution < -0.4 is 0 Å². The van der Waals surface area contributed by atoms with Crippen LogP contribution in [0.15, 0.2) is 30.8 Å². The molecule has 0 atom stereocenters. The smallest absolute Gasteiger partial charge is 0.00896 e. The molecule has 1 nitrogen and oxygen atoms in total. The molecule has 1 aromatic rings. The summed E-state index contributed by atoms with van der Waals surface area (Å²) in [7, 11) is 4.43. The van der Waals surface area contributed by atoms with Crippen LogP contribution in [0.3, 0.4) is 0 Å². The minimum atomic E-state index is 0.761. The summed E-state index contributed by atoms with van der Waals surface area (Å²) in [6.45, 7) is 6.60. The predicted molar refractivity (Wildman–Crippen MR) is 112 cm³/mol. The summed E-state index contributed by atoms with van der Waals surface area (Å²) in [5.74, 6) is 0.761. The van der Waals surface area contributed by atoms with E-state index in [1.165, 1.54) is 80.9 Å². The first kappa shape index (κ1) is 20.2. The van der Waals surface area contributed by atoms with Crippen molar-refractivity contribution < 1.29 is 0 Å². The Morgan fingerprint density at radius 2 is 1.52 bits per heavy atom. The van der Waals surface area contributed by atoms with Crippen LogP contribution in [0.2, 0.25) is 0 Å². The Morgan fingerprint density at radius 3 is 2.12 bits per heavy atom. The van der Waals surface area contributed by atoms with Crippen molar-refractivity contribution in [3.8, 4) is 0 Å². The van der Waals surface area contributed by atoms with E-state index in [0.29, 0.717) is 0 Å². The number of hydrogen-bond acceptors (Lipinski definition) is 1. The monoisotopic (exact) mass is 341 g/mol. The van der Waals surface area contributed by atoms with Gasteiger partial charge in [0.25, 0.3) is 0 Å². The lowest BCUT2D eigenvalue weighted by Gasteiger charge is -2.32. The molecule has 0 aliphatic heterocycles. The zero-order valence-electron chi connectivity index (χ0n) is 16.9. The van der Waals surface area contributed by atoms with E-state index in [0.717, 1.165) is 18.4 Å².